The van der Waals surface area contributed by atoms with Gasteiger partial charge in [0.15, 0.2) is 0 Å². The summed E-state index contributed by atoms with van der Waals surface area (Å²) in [4.78, 5) is 2.19. The molecule has 0 saturated carbocycles. The Hall–Kier alpha value is -0.110. The lowest BCUT2D eigenvalue weighted by atomic mass is 9.82. The Morgan fingerprint density at radius 2 is 1.38 bits per heavy atom. The van der Waals surface area contributed by atoms with E-state index in [9.17, 15) is 4.39 Å². The summed E-state index contributed by atoms with van der Waals surface area (Å²) in [7, 11) is 2.07. The smallest absolute Gasteiger partial charge is 0.117 e. The van der Waals surface area contributed by atoms with Gasteiger partial charge < -0.3 is 4.90 Å². The fraction of sp³-hybridized carbons (Fsp3) is 1.00. The Balaban J connectivity index is 2.34. The maximum atomic E-state index is 14.3. The topological polar surface area (TPSA) is 3.24 Å². The van der Waals surface area contributed by atoms with E-state index >= 15 is 0 Å². The molecule has 0 amide bonds. The van der Waals surface area contributed by atoms with Crippen LogP contribution in [0.2, 0.25) is 0 Å². The minimum atomic E-state index is -0.582. The third-order valence-corrected chi connectivity index (χ3v) is 5.19. The lowest BCUT2D eigenvalue weighted by Crippen LogP contribution is -2.24. The predicted molar refractivity (Wildman–Crippen MR) is 91.5 cm³/mol. The third-order valence-electron chi connectivity index (χ3n) is 5.19. The van der Waals surface area contributed by atoms with Gasteiger partial charge in [0.2, 0.25) is 0 Å². The Morgan fingerprint density at radius 3 is 1.86 bits per heavy atom. The summed E-state index contributed by atoms with van der Waals surface area (Å²) >= 11 is 0. The van der Waals surface area contributed by atoms with E-state index in [0.29, 0.717) is 18.4 Å². The summed E-state index contributed by atoms with van der Waals surface area (Å²) in [6.45, 7) is 6.16. The van der Waals surface area contributed by atoms with Gasteiger partial charge in [0.1, 0.15) is 6.17 Å². The molecule has 0 N–H and O–H groups in total. The quantitative estimate of drug-likeness (QED) is 0.410. The zero-order valence-corrected chi connectivity index (χ0v) is 14.7. The van der Waals surface area contributed by atoms with E-state index in [0.717, 1.165) is 6.54 Å². The Bertz CT molecular complexity index is 244. The second kappa shape index (κ2) is 11.5. The molecular formula is C19H38FN. The Morgan fingerprint density at radius 1 is 0.857 bits per heavy atom. The van der Waals surface area contributed by atoms with Crippen LogP contribution in [0.25, 0.3) is 0 Å². The van der Waals surface area contributed by atoms with Crippen LogP contribution in [-0.4, -0.2) is 31.2 Å². The van der Waals surface area contributed by atoms with E-state index < -0.39 is 6.17 Å². The van der Waals surface area contributed by atoms with Gasteiger partial charge in [0.05, 0.1) is 0 Å². The van der Waals surface area contributed by atoms with Crippen molar-refractivity contribution in [2.45, 2.75) is 90.6 Å². The van der Waals surface area contributed by atoms with Crippen LogP contribution in [0.5, 0.6) is 0 Å². The number of hydrogen-bond acceptors (Lipinski definition) is 1. The van der Waals surface area contributed by atoms with Crippen LogP contribution in [0, 0.1) is 11.8 Å². The lowest BCUT2D eigenvalue weighted by molar-refractivity contribution is 0.190. The first-order valence-corrected chi connectivity index (χ1v) is 9.51. The molecule has 3 atom stereocenters. The molecule has 0 bridgehead atoms. The molecule has 0 aromatic heterocycles. The highest BCUT2D eigenvalue weighted by atomic mass is 19.1. The predicted octanol–water partition coefficient (Wildman–Crippen LogP) is 5.83. The molecule has 0 aromatic carbocycles. The van der Waals surface area contributed by atoms with Crippen molar-refractivity contribution in [3.05, 3.63) is 0 Å². The van der Waals surface area contributed by atoms with Crippen LogP contribution >= 0.6 is 0 Å². The number of likely N-dealkylation sites (tertiary alicyclic amines) is 1. The van der Waals surface area contributed by atoms with Gasteiger partial charge in [0.25, 0.3) is 0 Å². The zero-order valence-electron chi connectivity index (χ0n) is 14.7. The van der Waals surface area contributed by atoms with E-state index in [1.807, 2.05) is 0 Å². The van der Waals surface area contributed by atoms with Gasteiger partial charge in [-0.25, -0.2) is 4.39 Å². The maximum absolute atomic E-state index is 14.3. The number of hydrogen-bond donors (Lipinski definition) is 0. The molecule has 0 radical (unpaired) electrons. The summed E-state index contributed by atoms with van der Waals surface area (Å²) in [5.74, 6) is 0.936. The van der Waals surface area contributed by atoms with Crippen LogP contribution in [0.15, 0.2) is 0 Å². The fourth-order valence-corrected chi connectivity index (χ4v) is 3.84. The SMILES string of the molecule is CCCCCCCC(CCCCCC)C1CN(C)C[C@H]1F. The molecule has 21 heavy (non-hydrogen) atoms. The minimum Gasteiger partial charge on any atom is -0.303 e. The van der Waals surface area contributed by atoms with Gasteiger partial charge in [-0.2, -0.15) is 0 Å². The maximum Gasteiger partial charge on any atom is 0.117 e. The molecule has 0 aromatic rings. The van der Waals surface area contributed by atoms with E-state index in [1.54, 1.807) is 0 Å². The molecule has 1 aliphatic rings. The van der Waals surface area contributed by atoms with Crippen LogP contribution < -0.4 is 0 Å². The van der Waals surface area contributed by atoms with Crippen molar-refractivity contribution in [1.29, 1.82) is 0 Å². The highest BCUT2D eigenvalue weighted by molar-refractivity contribution is 4.87. The lowest BCUT2D eigenvalue weighted by Gasteiger charge is -2.25. The molecule has 1 rings (SSSR count). The first kappa shape index (κ1) is 18.9. The van der Waals surface area contributed by atoms with Crippen molar-refractivity contribution < 1.29 is 4.39 Å². The highest BCUT2D eigenvalue weighted by Gasteiger charge is 2.35. The molecular weight excluding hydrogens is 261 g/mol. The monoisotopic (exact) mass is 299 g/mol. The van der Waals surface area contributed by atoms with Crippen LogP contribution in [0.1, 0.15) is 84.5 Å². The first-order valence-electron chi connectivity index (χ1n) is 9.51. The van der Waals surface area contributed by atoms with Crippen molar-refractivity contribution in [3.8, 4) is 0 Å². The number of nitrogens with zero attached hydrogens (tertiary/aromatic N) is 1. The fourth-order valence-electron chi connectivity index (χ4n) is 3.84. The minimum absolute atomic E-state index is 0.308. The van der Waals surface area contributed by atoms with E-state index in [-0.39, 0.29) is 0 Å². The van der Waals surface area contributed by atoms with Crippen LogP contribution in [0.4, 0.5) is 4.39 Å². The molecule has 0 aliphatic carbocycles. The van der Waals surface area contributed by atoms with Gasteiger partial charge in [-0.15, -0.1) is 0 Å². The van der Waals surface area contributed by atoms with E-state index in [1.165, 1.54) is 70.6 Å². The molecule has 1 aliphatic heterocycles. The summed E-state index contributed by atoms with van der Waals surface area (Å²) in [6, 6.07) is 0. The van der Waals surface area contributed by atoms with Gasteiger partial charge in [-0.05, 0) is 13.0 Å². The highest BCUT2D eigenvalue weighted by Crippen LogP contribution is 2.33. The summed E-state index contributed by atoms with van der Waals surface area (Å²) in [5.41, 5.74) is 0. The van der Waals surface area contributed by atoms with Crippen LogP contribution in [-0.2, 0) is 0 Å². The van der Waals surface area contributed by atoms with Crippen molar-refractivity contribution in [2.24, 2.45) is 11.8 Å². The van der Waals surface area contributed by atoms with Gasteiger partial charge in [-0.1, -0.05) is 84.5 Å². The summed E-state index contributed by atoms with van der Waals surface area (Å²) < 4.78 is 14.3. The average molecular weight is 300 g/mol. The summed E-state index contributed by atoms with van der Waals surface area (Å²) in [5, 5.41) is 0. The van der Waals surface area contributed by atoms with Gasteiger partial charge >= 0.3 is 0 Å². The van der Waals surface area contributed by atoms with Crippen LogP contribution in [0.3, 0.4) is 0 Å². The third kappa shape index (κ3) is 7.63. The average Bonchev–Trinajstić information content (AvgIpc) is 2.80. The molecule has 2 unspecified atom stereocenters. The van der Waals surface area contributed by atoms with Crippen molar-refractivity contribution in [3.63, 3.8) is 0 Å². The second-order valence-electron chi connectivity index (χ2n) is 7.21. The molecule has 1 nitrogen and oxygen atoms in total. The molecule has 2 heteroatoms. The Kier molecular flexibility index (Phi) is 10.3. The molecule has 0 spiro atoms. The van der Waals surface area contributed by atoms with Crippen molar-refractivity contribution in [1.82, 2.24) is 4.90 Å². The van der Waals surface area contributed by atoms with Crippen molar-refractivity contribution >= 4 is 0 Å². The van der Waals surface area contributed by atoms with E-state index in [2.05, 4.69) is 25.8 Å². The van der Waals surface area contributed by atoms with Gasteiger partial charge in [0, 0.05) is 19.0 Å². The Labute approximate surface area is 132 Å². The standard InChI is InChI=1S/C19H38FN/c1-4-6-8-10-12-14-17(13-11-9-7-5-2)18-15-21(3)16-19(18)20/h17-19H,4-16H2,1-3H3/t17?,18?,19-/m1/s1. The first-order chi connectivity index (χ1) is 10.2. The van der Waals surface area contributed by atoms with E-state index in [4.69, 9.17) is 0 Å². The second-order valence-corrected chi connectivity index (χ2v) is 7.21. The number of rotatable bonds is 12. The number of unbranched alkanes of at least 4 members (excludes halogenated alkanes) is 7. The molecule has 1 fully saturated rings. The largest absolute Gasteiger partial charge is 0.303 e. The molecule has 1 heterocycles. The summed E-state index contributed by atoms with van der Waals surface area (Å²) in [6.07, 6.45) is 13.9. The zero-order chi connectivity index (χ0) is 15.5. The number of halogens is 1. The normalized spacial score (nSPS) is 24.6. The number of alkyl halides is 1. The molecule has 126 valence electrons. The van der Waals surface area contributed by atoms with Crippen molar-refractivity contribution in [2.75, 3.05) is 20.1 Å². The molecule has 1 saturated heterocycles. The van der Waals surface area contributed by atoms with Gasteiger partial charge in [-0.3, -0.25) is 0 Å².